The summed E-state index contributed by atoms with van der Waals surface area (Å²) in [6.07, 6.45) is 1.98. The minimum Gasteiger partial charge on any atom is -0.482 e. The Labute approximate surface area is 115 Å². The lowest BCUT2D eigenvalue weighted by Crippen LogP contribution is -2.10. The third-order valence-corrected chi connectivity index (χ3v) is 2.83. The maximum atomic E-state index is 11.6. The highest BCUT2D eigenvalue weighted by atomic mass is 16.5. The van der Waals surface area contributed by atoms with Gasteiger partial charge in [-0.15, -0.1) is 0 Å². The third-order valence-electron chi connectivity index (χ3n) is 2.83. The van der Waals surface area contributed by atoms with Gasteiger partial charge in [-0.05, 0) is 17.5 Å². The Hall–Kier alpha value is -2.56. The Kier molecular flexibility index (Phi) is 4.20. The molecule has 0 fully saturated rings. The number of carboxylic acid groups (broad SMARTS) is 1. The number of benzene rings is 1. The van der Waals surface area contributed by atoms with Crippen LogP contribution in [-0.2, 0) is 13.0 Å². The molecule has 1 aromatic heterocycles. The van der Waals surface area contributed by atoms with E-state index in [4.69, 9.17) is 14.3 Å². The largest absolute Gasteiger partial charge is 0.482 e. The summed E-state index contributed by atoms with van der Waals surface area (Å²) in [4.78, 5) is 22.2. The van der Waals surface area contributed by atoms with Crippen molar-refractivity contribution < 1.29 is 19.1 Å². The van der Waals surface area contributed by atoms with Gasteiger partial charge < -0.3 is 14.3 Å². The zero-order valence-corrected chi connectivity index (χ0v) is 11.0. The van der Waals surface area contributed by atoms with Gasteiger partial charge in [0.2, 0.25) is 16.9 Å². The summed E-state index contributed by atoms with van der Waals surface area (Å²) >= 11 is 0. The van der Waals surface area contributed by atoms with Crippen molar-refractivity contribution >= 4 is 5.97 Å². The zero-order chi connectivity index (χ0) is 14.5. The molecular formula is C15H14O5. The first kappa shape index (κ1) is 13.9. The summed E-state index contributed by atoms with van der Waals surface area (Å²) < 4.78 is 10.1. The molecule has 0 unspecified atom stereocenters. The fourth-order valence-corrected chi connectivity index (χ4v) is 1.65. The molecule has 0 amide bonds. The Morgan fingerprint density at radius 3 is 2.45 bits per heavy atom. The van der Waals surface area contributed by atoms with Crippen LogP contribution in [0, 0.1) is 0 Å². The smallest absolute Gasteiger partial charge is 0.371 e. The van der Waals surface area contributed by atoms with Crippen molar-refractivity contribution in [1.29, 1.82) is 0 Å². The van der Waals surface area contributed by atoms with Crippen LogP contribution in [0.5, 0.6) is 5.75 Å². The molecule has 1 heterocycles. The second-order valence-electron chi connectivity index (χ2n) is 4.24. The van der Waals surface area contributed by atoms with E-state index in [-0.39, 0.29) is 12.4 Å². The summed E-state index contributed by atoms with van der Waals surface area (Å²) in [6.45, 7) is 2.29. The number of aryl methyl sites for hydroxylation is 1. The number of carbonyl (C=O) groups is 1. The molecule has 0 saturated carbocycles. The van der Waals surface area contributed by atoms with E-state index in [1.165, 1.54) is 5.56 Å². The molecule has 0 aliphatic heterocycles. The highest BCUT2D eigenvalue weighted by Gasteiger charge is 2.10. The van der Waals surface area contributed by atoms with Crippen molar-refractivity contribution in [2.45, 2.75) is 20.0 Å². The van der Waals surface area contributed by atoms with E-state index in [0.717, 1.165) is 24.3 Å². The molecule has 104 valence electrons. The lowest BCUT2D eigenvalue weighted by Gasteiger charge is -2.06. The van der Waals surface area contributed by atoms with Gasteiger partial charge in [0.05, 0.1) is 0 Å². The average molecular weight is 274 g/mol. The van der Waals surface area contributed by atoms with E-state index >= 15 is 0 Å². The Morgan fingerprint density at radius 1 is 1.25 bits per heavy atom. The van der Waals surface area contributed by atoms with Gasteiger partial charge in [0.25, 0.3) is 0 Å². The average Bonchev–Trinajstić information content (AvgIpc) is 2.46. The second-order valence-corrected chi connectivity index (χ2v) is 4.24. The fourth-order valence-electron chi connectivity index (χ4n) is 1.65. The van der Waals surface area contributed by atoms with Gasteiger partial charge in [0, 0.05) is 6.07 Å². The molecule has 2 aromatic rings. The first-order chi connectivity index (χ1) is 9.60. The highest BCUT2D eigenvalue weighted by molar-refractivity contribution is 5.84. The van der Waals surface area contributed by atoms with Crippen LogP contribution in [0.25, 0.3) is 0 Å². The molecular weight excluding hydrogens is 260 g/mol. The predicted octanol–water partition coefficient (Wildman–Crippen LogP) is 2.48. The molecule has 1 N–H and O–H groups in total. The van der Waals surface area contributed by atoms with E-state index in [9.17, 15) is 9.59 Å². The summed E-state index contributed by atoms with van der Waals surface area (Å²) in [7, 11) is 0. The van der Waals surface area contributed by atoms with Crippen LogP contribution in [0.4, 0.5) is 0 Å². The van der Waals surface area contributed by atoms with E-state index in [0.29, 0.717) is 0 Å². The molecule has 0 spiro atoms. The molecule has 20 heavy (non-hydrogen) atoms. The van der Waals surface area contributed by atoms with Gasteiger partial charge in [0.15, 0.2) is 0 Å². The number of ether oxygens (including phenoxy) is 1. The Balaban J connectivity index is 2.06. The van der Waals surface area contributed by atoms with Crippen LogP contribution >= 0.6 is 0 Å². The molecule has 0 atom stereocenters. The first-order valence-corrected chi connectivity index (χ1v) is 6.17. The standard InChI is InChI=1S/C15H14O5/c1-2-10-3-5-11(6-4-10)8-19-14-9-20-13(15(17)18)7-12(14)16/h3-7,9H,2,8H2,1H3,(H,17,18). The lowest BCUT2D eigenvalue weighted by atomic mass is 10.1. The normalized spacial score (nSPS) is 10.2. The molecule has 2 rings (SSSR count). The Bertz CT molecular complexity index is 655. The number of carboxylic acids is 1. The minimum absolute atomic E-state index is 0.00503. The molecule has 5 heteroatoms. The Morgan fingerprint density at radius 2 is 1.90 bits per heavy atom. The highest BCUT2D eigenvalue weighted by Crippen LogP contribution is 2.10. The van der Waals surface area contributed by atoms with Gasteiger partial charge in [-0.3, -0.25) is 4.79 Å². The van der Waals surface area contributed by atoms with Crippen molar-refractivity contribution in [3.8, 4) is 5.75 Å². The zero-order valence-electron chi connectivity index (χ0n) is 11.0. The second kappa shape index (κ2) is 6.06. The number of aromatic carboxylic acids is 1. The molecule has 0 aliphatic carbocycles. The predicted molar refractivity (Wildman–Crippen MR) is 72.1 cm³/mol. The van der Waals surface area contributed by atoms with Crippen LogP contribution in [0.2, 0.25) is 0 Å². The summed E-state index contributed by atoms with van der Waals surface area (Å²) in [5.41, 5.74) is 1.63. The molecule has 1 aromatic carbocycles. The van der Waals surface area contributed by atoms with Crippen molar-refractivity contribution in [3.05, 3.63) is 63.7 Å². The van der Waals surface area contributed by atoms with Crippen molar-refractivity contribution in [3.63, 3.8) is 0 Å². The maximum Gasteiger partial charge on any atom is 0.371 e. The number of rotatable bonds is 5. The van der Waals surface area contributed by atoms with Gasteiger partial charge in [-0.1, -0.05) is 31.2 Å². The third kappa shape index (κ3) is 3.26. The van der Waals surface area contributed by atoms with E-state index < -0.39 is 17.2 Å². The summed E-state index contributed by atoms with van der Waals surface area (Å²) in [6, 6.07) is 8.74. The van der Waals surface area contributed by atoms with E-state index in [2.05, 4.69) is 6.92 Å². The van der Waals surface area contributed by atoms with E-state index in [1.807, 2.05) is 24.3 Å². The van der Waals surface area contributed by atoms with Crippen molar-refractivity contribution in [2.24, 2.45) is 0 Å². The van der Waals surface area contributed by atoms with Crippen LogP contribution in [0.3, 0.4) is 0 Å². The maximum absolute atomic E-state index is 11.6. The summed E-state index contributed by atoms with van der Waals surface area (Å²) in [5.74, 6) is -1.70. The van der Waals surface area contributed by atoms with Crippen LogP contribution < -0.4 is 10.2 Å². The topological polar surface area (TPSA) is 76.7 Å². The minimum atomic E-state index is -1.29. The van der Waals surface area contributed by atoms with Crippen LogP contribution in [0.1, 0.15) is 28.6 Å². The van der Waals surface area contributed by atoms with Gasteiger partial charge >= 0.3 is 5.97 Å². The van der Waals surface area contributed by atoms with Gasteiger partial charge in [-0.2, -0.15) is 0 Å². The quantitative estimate of drug-likeness (QED) is 0.906. The van der Waals surface area contributed by atoms with Crippen molar-refractivity contribution in [1.82, 2.24) is 0 Å². The fraction of sp³-hybridized carbons (Fsp3) is 0.200. The molecule has 0 radical (unpaired) electrons. The van der Waals surface area contributed by atoms with E-state index in [1.54, 1.807) is 0 Å². The lowest BCUT2D eigenvalue weighted by molar-refractivity contribution is 0.0658. The monoisotopic (exact) mass is 274 g/mol. The number of hydrogen-bond acceptors (Lipinski definition) is 4. The van der Waals surface area contributed by atoms with Crippen molar-refractivity contribution in [2.75, 3.05) is 0 Å². The van der Waals surface area contributed by atoms with Gasteiger partial charge in [0.1, 0.15) is 12.9 Å². The summed E-state index contributed by atoms with van der Waals surface area (Å²) in [5, 5.41) is 8.68. The number of hydrogen-bond donors (Lipinski definition) is 1. The van der Waals surface area contributed by atoms with Crippen LogP contribution in [0.15, 0.2) is 45.8 Å². The van der Waals surface area contributed by atoms with Gasteiger partial charge in [-0.25, -0.2) is 4.79 Å². The first-order valence-electron chi connectivity index (χ1n) is 6.17. The molecule has 0 saturated heterocycles. The molecule has 0 bridgehead atoms. The molecule has 0 aliphatic rings. The SMILES string of the molecule is CCc1ccc(COc2coc(C(=O)O)cc2=O)cc1. The van der Waals surface area contributed by atoms with Crippen LogP contribution in [-0.4, -0.2) is 11.1 Å². The molecule has 5 nitrogen and oxygen atoms in total.